The number of aliphatic imine (C=N–C) groups is 1. The monoisotopic (exact) mass is 335 g/mol. The van der Waals surface area contributed by atoms with Crippen molar-refractivity contribution >= 4 is 28.6 Å². The number of anilines is 1. The Morgan fingerprint density at radius 1 is 1.30 bits per heavy atom. The molecule has 0 radical (unpaired) electrons. The summed E-state index contributed by atoms with van der Waals surface area (Å²) in [4.78, 5) is 4.27. The van der Waals surface area contributed by atoms with E-state index in [1.54, 1.807) is 6.20 Å². The van der Waals surface area contributed by atoms with Gasteiger partial charge in [-0.2, -0.15) is 5.10 Å². The van der Waals surface area contributed by atoms with Crippen LogP contribution in [0.3, 0.4) is 0 Å². The third-order valence-electron chi connectivity index (χ3n) is 3.35. The van der Waals surface area contributed by atoms with Crippen molar-refractivity contribution in [3.05, 3.63) is 47.3 Å². The molecule has 0 saturated carbocycles. The minimum atomic E-state index is 0. The van der Waals surface area contributed by atoms with Gasteiger partial charge in [0.25, 0.3) is 0 Å². The highest BCUT2D eigenvalue weighted by molar-refractivity contribution is 8.93. The number of halogens is 1. The second-order valence-electron chi connectivity index (χ2n) is 4.75. The van der Waals surface area contributed by atoms with Crippen molar-refractivity contribution in [2.45, 2.75) is 25.8 Å². The van der Waals surface area contributed by atoms with E-state index in [-0.39, 0.29) is 17.0 Å². The van der Waals surface area contributed by atoms with Gasteiger partial charge in [0.05, 0.1) is 12.2 Å². The Labute approximate surface area is 128 Å². The smallest absolute Gasteiger partial charge is 0.193 e. The molecule has 106 valence electrons. The van der Waals surface area contributed by atoms with Crippen molar-refractivity contribution in [1.29, 1.82) is 0 Å². The minimum Gasteiger partial charge on any atom is -0.370 e. The van der Waals surface area contributed by atoms with Crippen molar-refractivity contribution in [3.8, 4) is 0 Å². The fraction of sp³-hybridized carbons (Fsp3) is 0.286. The number of hydrogen-bond acceptors (Lipinski definition) is 2. The third-order valence-corrected chi connectivity index (χ3v) is 3.35. The maximum absolute atomic E-state index is 5.87. The molecule has 0 amide bonds. The predicted molar refractivity (Wildman–Crippen MR) is 86.3 cm³/mol. The zero-order valence-corrected chi connectivity index (χ0v) is 12.8. The second-order valence-corrected chi connectivity index (χ2v) is 4.75. The summed E-state index contributed by atoms with van der Waals surface area (Å²) in [6.07, 6.45) is 5.31. The van der Waals surface area contributed by atoms with Gasteiger partial charge >= 0.3 is 0 Å². The molecule has 20 heavy (non-hydrogen) atoms. The molecule has 0 aliphatic heterocycles. The van der Waals surface area contributed by atoms with Gasteiger partial charge in [-0.15, -0.1) is 17.0 Å². The molecule has 5 nitrogen and oxygen atoms in total. The molecule has 3 rings (SSSR count). The molecular weight excluding hydrogens is 318 g/mol. The van der Waals surface area contributed by atoms with Gasteiger partial charge in [0.15, 0.2) is 5.96 Å². The van der Waals surface area contributed by atoms with Crippen LogP contribution < -0.4 is 11.1 Å². The quantitative estimate of drug-likeness (QED) is 0.595. The highest BCUT2D eigenvalue weighted by Crippen LogP contribution is 2.24. The van der Waals surface area contributed by atoms with Gasteiger partial charge in [0, 0.05) is 11.9 Å². The van der Waals surface area contributed by atoms with E-state index in [0.717, 1.165) is 17.8 Å². The molecule has 6 heteroatoms. The second kappa shape index (κ2) is 6.56. The van der Waals surface area contributed by atoms with Gasteiger partial charge < -0.3 is 11.1 Å². The van der Waals surface area contributed by atoms with Gasteiger partial charge in [-0.1, -0.05) is 6.07 Å². The summed E-state index contributed by atoms with van der Waals surface area (Å²) in [7, 11) is 0. The van der Waals surface area contributed by atoms with Crippen LogP contribution in [-0.2, 0) is 19.4 Å². The Morgan fingerprint density at radius 3 is 2.95 bits per heavy atom. The van der Waals surface area contributed by atoms with Crippen LogP contribution in [0.25, 0.3) is 0 Å². The molecule has 0 fully saturated rings. The van der Waals surface area contributed by atoms with Gasteiger partial charge in [-0.25, -0.2) is 4.99 Å². The van der Waals surface area contributed by atoms with E-state index < -0.39 is 0 Å². The van der Waals surface area contributed by atoms with Gasteiger partial charge in [0.1, 0.15) is 0 Å². The first-order valence-corrected chi connectivity index (χ1v) is 6.48. The zero-order valence-electron chi connectivity index (χ0n) is 11.1. The normalized spacial score (nSPS) is 13.7. The Morgan fingerprint density at radius 2 is 2.15 bits per heavy atom. The van der Waals surface area contributed by atoms with Crippen molar-refractivity contribution in [2.75, 3.05) is 5.32 Å². The number of aryl methyl sites for hydroxylation is 2. The van der Waals surface area contributed by atoms with Gasteiger partial charge in [0.2, 0.25) is 0 Å². The lowest BCUT2D eigenvalue weighted by Crippen LogP contribution is -2.22. The molecule has 0 atom stereocenters. The fourth-order valence-electron chi connectivity index (χ4n) is 2.38. The lowest BCUT2D eigenvalue weighted by molar-refractivity contribution is 0.912. The van der Waals surface area contributed by atoms with Crippen LogP contribution in [0.2, 0.25) is 0 Å². The number of H-pyrrole nitrogens is 1. The van der Waals surface area contributed by atoms with Crippen LogP contribution in [0.4, 0.5) is 5.69 Å². The van der Waals surface area contributed by atoms with Crippen LogP contribution in [0.1, 0.15) is 23.2 Å². The summed E-state index contributed by atoms with van der Waals surface area (Å²) < 4.78 is 0. The summed E-state index contributed by atoms with van der Waals surface area (Å²) >= 11 is 0. The highest BCUT2D eigenvalue weighted by atomic mass is 79.9. The average molecular weight is 336 g/mol. The Kier molecular flexibility index (Phi) is 4.79. The molecular formula is C14H18BrN5. The van der Waals surface area contributed by atoms with Gasteiger partial charge in [-0.3, -0.25) is 5.10 Å². The van der Waals surface area contributed by atoms with E-state index >= 15 is 0 Å². The number of guanidine groups is 1. The molecule has 0 saturated heterocycles. The molecule has 0 bridgehead atoms. The van der Waals surface area contributed by atoms with E-state index in [1.165, 1.54) is 24.0 Å². The Balaban J connectivity index is 0.00000147. The number of nitrogens with two attached hydrogens (primary N) is 1. The molecule has 1 aromatic heterocycles. The van der Waals surface area contributed by atoms with E-state index in [0.29, 0.717) is 12.5 Å². The maximum Gasteiger partial charge on any atom is 0.193 e. The summed E-state index contributed by atoms with van der Waals surface area (Å²) in [5.41, 5.74) is 10.7. The Hall–Kier alpha value is -1.82. The fourth-order valence-corrected chi connectivity index (χ4v) is 2.38. The van der Waals surface area contributed by atoms with Crippen molar-refractivity contribution in [1.82, 2.24) is 10.2 Å². The number of fused-ring (bicyclic) bond motifs is 1. The van der Waals surface area contributed by atoms with E-state index in [2.05, 4.69) is 38.7 Å². The van der Waals surface area contributed by atoms with E-state index in [1.807, 2.05) is 6.07 Å². The van der Waals surface area contributed by atoms with Crippen molar-refractivity contribution in [3.63, 3.8) is 0 Å². The highest BCUT2D eigenvalue weighted by Gasteiger charge is 2.10. The SMILES string of the molecule is Br.NC(=NCc1ccn[nH]1)Nc1ccc2c(c1)CCC2. The molecule has 4 N–H and O–H groups in total. The van der Waals surface area contributed by atoms with Crippen molar-refractivity contribution < 1.29 is 0 Å². The van der Waals surface area contributed by atoms with Gasteiger partial charge in [-0.05, 0) is 48.6 Å². The molecule has 1 heterocycles. The third kappa shape index (κ3) is 3.39. The van der Waals surface area contributed by atoms with Crippen LogP contribution in [0, 0.1) is 0 Å². The largest absolute Gasteiger partial charge is 0.370 e. The first kappa shape index (κ1) is 14.6. The first-order valence-electron chi connectivity index (χ1n) is 6.48. The number of hydrogen-bond donors (Lipinski definition) is 3. The number of aromatic amines is 1. The first-order chi connectivity index (χ1) is 9.31. The van der Waals surface area contributed by atoms with Crippen LogP contribution in [0.15, 0.2) is 35.5 Å². The summed E-state index contributed by atoms with van der Waals surface area (Å²) in [5, 5.41) is 9.85. The van der Waals surface area contributed by atoms with Crippen LogP contribution in [-0.4, -0.2) is 16.2 Å². The van der Waals surface area contributed by atoms with Crippen molar-refractivity contribution in [2.24, 2.45) is 10.7 Å². The number of nitrogens with one attached hydrogen (secondary N) is 2. The molecule has 0 unspecified atom stereocenters. The zero-order chi connectivity index (χ0) is 13.1. The number of benzene rings is 1. The lowest BCUT2D eigenvalue weighted by Gasteiger charge is -2.07. The maximum atomic E-state index is 5.87. The molecule has 1 aliphatic rings. The topological polar surface area (TPSA) is 79.1 Å². The Bertz CT molecular complexity index is 592. The molecule has 1 aliphatic carbocycles. The average Bonchev–Trinajstić information content (AvgIpc) is 3.07. The molecule has 0 spiro atoms. The number of nitrogens with zero attached hydrogens (tertiary/aromatic N) is 2. The van der Waals surface area contributed by atoms with Crippen LogP contribution in [0.5, 0.6) is 0 Å². The lowest BCUT2D eigenvalue weighted by atomic mass is 10.1. The molecule has 2 aromatic rings. The van der Waals surface area contributed by atoms with Crippen LogP contribution >= 0.6 is 17.0 Å². The molecule has 1 aromatic carbocycles. The minimum absolute atomic E-state index is 0. The number of rotatable bonds is 3. The standard InChI is InChI=1S/C14H17N5.BrH/c15-14(16-9-13-6-7-17-19-13)18-12-5-4-10-2-1-3-11(10)8-12;/h4-8H,1-3,9H2,(H,17,19)(H3,15,16,18);1H. The number of aromatic nitrogens is 2. The predicted octanol–water partition coefficient (Wildman–Crippen LogP) is 2.40. The van der Waals surface area contributed by atoms with E-state index in [4.69, 9.17) is 5.73 Å². The van der Waals surface area contributed by atoms with E-state index in [9.17, 15) is 0 Å². The summed E-state index contributed by atoms with van der Waals surface area (Å²) in [5.74, 6) is 0.424. The summed E-state index contributed by atoms with van der Waals surface area (Å²) in [6.45, 7) is 0.504. The summed E-state index contributed by atoms with van der Waals surface area (Å²) in [6, 6.07) is 8.28.